The van der Waals surface area contributed by atoms with Crippen LogP contribution in [0.1, 0.15) is 16.8 Å². The van der Waals surface area contributed by atoms with E-state index in [1.807, 2.05) is 35.2 Å². The van der Waals surface area contributed by atoms with Crippen molar-refractivity contribution in [2.24, 2.45) is 0 Å². The number of hydrogen-bond acceptors (Lipinski definition) is 7. The SMILES string of the molecule is O=C(NCCCN1CCN(c2ccc(F)cc2OCC(F)(F)F)CC1)c1csc2c(=O)cc(-c3ccccc3)oc12. The lowest BCUT2D eigenvalue weighted by Gasteiger charge is -2.36. The molecule has 0 atom stereocenters. The molecule has 3 heterocycles. The van der Waals surface area contributed by atoms with Crippen LogP contribution >= 0.6 is 11.3 Å². The highest BCUT2D eigenvalue weighted by Crippen LogP contribution is 2.32. The van der Waals surface area contributed by atoms with E-state index < -0.39 is 18.6 Å². The molecule has 41 heavy (non-hydrogen) atoms. The molecule has 7 nitrogen and oxygen atoms in total. The molecule has 0 spiro atoms. The summed E-state index contributed by atoms with van der Waals surface area (Å²) in [6.07, 6.45) is -3.85. The molecule has 1 aliphatic rings. The molecule has 4 aromatic rings. The molecule has 0 saturated carbocycles. The minimum absolute atomic E-state index is 0.133. The molecule has 1 aliphatic heterocycles. The number of nitrogens with zero attached hydrogens (tertiary/aromatic N) is 2. The Morgan fingerprint density at radius 1 is 1.05 bits per heavy atom. The number of alkyl halides is 3. The highest BCUT2D eigenvalue weighted by atomic mass is 32.1. The highest BCUT2D eigenvalue weighted by molar-refractivity contribution is 7.17. The quantitative estimate of drug-likeness (QED) is 0.204. The summed E-state index contributed by atoms with van der Waals surface area (Å²) < 4.78 is 62.8. The van der Waals surface area contributed by atoms with Gasteiger partial charge in [0.05, 0.1) is 11.3 Å². The van der Waals surface area contributed by atoms with Crippen LogP contribution in [0.4, 0.5) is 23.2 Å². The molecule has 0 aliphatic carbocycles. The third-order valence-corrected chi connectivity index (χ3v) is 7.69. The van der Waals surface area contributed by atoms with Gasteiger partial charge in [-0.15, -0.1) is 11.3 Å². The minimum Gasteiger partial charge on any atom is -0.482 e. The third-order valence-electron chi connectivity index (χ3n) is 6.71. The molecule has 1 saturated heterocycles. The number of carbonyl (C=O) groups is 1. The van der Waals surface area contributed by atoms with E-state index in [1.165, 1.54) is 29.5 Å². The van der Waals surface area contributed by atoms with Crippen LogP contribution in [0.15, 0.2) is 69.2 Å². The number of thiophene rings is 1. The number of carbonyl (C=O) groups excluding carboxylic acids is 1. The predicted molar refractivity (Wildman–Crippen MR) is 149 cm³/mol. The van der Waals surface area contributed by atoms with Crippen LogP contribution in [0.2, 0.25) is 0 Å². The first-order valence-corrected chi connectivity index (χ1v) is 13.9. The van der Waals surface area contributed by atoms with Gasteiger partial charge in [0.15, 0.2) is 12.2 Å². The molecule has 12 heteroatoms. The van der Waals surface area contributed by atoms with Gasteiger partial charge in [0.2, 0.25) is 5.43 Å². The van der Waals surface area contributed by atoms with Crippen LogP contribution in [0, 0.1) is 5.82 Å². The Balaban J connectivity index is 1.12. The smallest absolute Gasteiger partial charge is 0.422 e. The lowest BCUT2D eigenvalue weighted by molar-refractivity contribution is -0.153. The van der Waals surface area contributed by atoms with Gasteiger partial charge in [-0.05, 0) is 25.1 Å². The van der Waals surface area contributed by atoms with Crippen molar-refractivity contribution in [2.45, 2.75) is 12.6 Å². The molecule has 0 bridgehead atoms. The van der Waals surface area contributed by atoms with Crippen LogP contribution in [0.5, 0.6) is 5.75 Å². The molecule has 1 N–H and O–H groups in total. The number of halogens is 4. The van der Waals surface area contributed by atoms with Gasteiger partial charge in [0.25, 0.3) is 5.91 Å². The fourth-order valence-electron chi connectivity index (χ4n) is 4.68. The number of ether oxygens (including phenoxy) is 1. The number of rotatable bonds is 9. The molecule has 0 radical (unpaired) electrons. The Bertz CT molecular complexity index is 1560. The molecule has 1 fully saturated rings. The van der Waals surface area contributed by atoms with Crippen LogP contribution in [0.25, 0.3) is 21.6 Å². The van der Waals surface area contributed by atoms with E-state index in [4.69, 9.17) is 9.15 Å². The van der Waals surface area contributed by atoms with Crippen molar-refractivity contribution < 1.29 is 31.5 Å². The topological polar surface area (TPSA) is 75.0 Å². The van der Waals surface area contributed by atoms with Crippen LogP contribution in [-0.4, -0.2) is 62.9 Å². The van der Waals surface area contributed by atoms with Gasteiger partial charge >= 0.3 is 6.18 Å². The summed E-state index contributed by atoms with van der Waals surface area (Å²) in [6.45, 7) is 1.98. The molecular formula is C29H27F4N3O4S. The number of benzene rings is 2. The normalized spacial score (nSPS) is 14.4. The molecule has 1 amide bonds. The van der Waals surface area contributed by atoms with Crippen molar-refractivity contribution in [3.63, 3.8) is 0 Å². The first-order chi connectivity index (χ1) is 19.7. The lowest BCUT2D eigenvalue weighted by atomic mass is 10.1. The zero-order chi connectivity index (χ0) is 29.0. The van der Waals surface area contributed by atoms with E-state index in [1.54, 1.807) is 5.38 Å². The number of hydrogen-bond donors (Lipinski definition) is 1. The van der Waals surface area contributed by atoms with Gasteiger partial charge in [-0.1, -0.05) is 30.3 Å². The van der Waals surface area contributed by atoms with Crippen molar-refractivity contribution in [3.8, 4) is 17.1 Å². The summed E-state index contributed by atoms with van der Waals surface area (Å²) in [6, 6.07) is 14.2. The van der Waals surface area contributed by atoms with Crippen LogP contribution < -0.4 is 20.4 Å². The van der Waals surface area contributed by atoms with Gasteiger partial charge in [-0.25, -0.2) is 4.39 Å². The Kier molecular flexibility index (Phi) is 8.60. The summed E-state index contributed by atoms with van der Waals surface area (Å²) in [5.41, 5.74) is 1.56. The van der Waals surface area contributed by atoms with Crippen molar-refractivity contribution in [1.82, 2.24) is 10.2 Å². The second kappa shape index (κ2) is 12.3. The molecular weight excluding hydrogens is 562 g/mol. The summed E-state index contributed by atoms with van der Waals surface area (Å²) in [7, 11) is 0. The van der Waals surface area contributed by atoms with E-state index in [9.17, 15) is 27.2 Å². The van der Waals surface area contributed by atoms with Crippen molar-refractivity contribution in [3.05, 3.63) is 81.6 Å². The van der Waals surface area contributed by atoms with Crippen molar-refractivity contribution >= 4 is 33.2 Å². The number of piperazine rings is 1. The van der Waals surface area contributed by atoms with Crippen molar-refractivity contribution in [1.29, 1.82) is 0 Å². The first-order valence-electron chi connectivity index (χ1n) is 13.0. The molecule has 216 valence electrons. The fraction of sp³-hybridized carbons (Fsp3) is 0.310. The maximum absolute atomic E-state index is 13.7. The molecule has 5 rings (SSSR count). The van der Waals surface area contributed by atoms with Gasteiger partial charge in [-0.2, -0.15) is 13.2 Å². The van der Waals surface area contributed by atoms with E-state index in [2.05, 4.69) is 10.2 Å². The first kappa shape index (κ1) is 28.6. The summed E-state index contributed by atoms with van der Waals surface area (Å²) >= 11 is 1.17. The standard InChI is InChI=1S/C29H27F4N3O4S/c30-20-7-8-22(25(15-20)39-18-29(31,32)33)36-13-11-35(12-14-36)10-4-9-34-28(38)21-17-41-27-23(37)16-24(40-26(21)27)19-5-2-1-3-6-19/h1-3,5-8,15-17H,4,9-14,18H2,(H,34,38). The summed E-state index contributed by atoms with van der Waals surface area (Å²) in [4.78, 5) is 29.6. The molecule has 0 unspecified atom stereocenters. The monoisotopic (exact) mass is 589 g/mol. The van der Waals surface area contributed by atoms with Gasteiger partial charge in [-0.3, -0.25) is 14.5 Å². The highest BCUT2D eigenvalue weighted by Gasteiger charge is 2.30. The number of nitrogens with one attached hydrogen (secondary N) is 1. The predicted octanol–water partition coefficient (Wildman–Crippen LogP) is 5.54. The second-order valence-electron chi connectivity index (χ2n) is 9.60. The largest absolute Gasteiger partial charge is 0.482 e. The van der Waals surface area contributed by atoms with Gasteiger partial charge < -0.3 is 19.4 Å². The van der Waals surface area contributed by atoms with E-state index in [0.717, 1.165) is 11.6 Å². The number of fused-ring (bicyclic) bond motifs is 1. The maximum atomic E-state index is 13.7. The van der Waals surface area contributed by atoms with E-state index in [-0.39, 0.29) is 22.7 Å². The third kappa shape index (κ3) is 7.06. The summed E-state index contributed by atoms with van der Waals surface area (Å²) in [5.74, 6) is -0.724. The van der Waals surface area contributed by atoms with E-state index >= 15 is 0 Å². The average molecular weight is 590 g/mol. The average Bonchev–Trinajstić information content (AvgIpc) is 3.40. The summed E-state index contributed by atoms with van der Waals surface area (Å²) in [5, 5.41) is 4.52. The number of amides is 1. The Morgan fingerprint density at radius 3 is 2.54 bits per heavy atom. The van der Waals surface area contributed by atoms with Crippen LogP contribution in [-0.2, 0) is 0 Å². The maximum Gasteiger partial charge on any atom is 0.422 e. The fourth-order valence-corrected chi connectivity index (χ4v) is 5.56. The van der Waals surface area contributed by atoms with Crippen molar-refractivity contribution in [2.75, 3.05) is 50.8 Å². The molecule has 2 aromatic carbocycles. The molecule has 2 aromatic heterocycles. The minimum atomic E-state index is -4.52. The van der Waals surface area contributed by atoms with Gasteiger partial charge in [0.1, 0.15) is 22.0 Å². The second-order valence-corrected chi connectivity index (χ2v) is 10.5. The van der Waals surface area contributed by atoms with Gasteiger partial charge in [0, 0.05) is 55.8 Å². The lowest BCUT2D eigenvalue weighted by Crippen LogP contribution is -2.47. The van der Waals surface area contributed by atoms with Crippen LogP contribution in [0.3, 0.4) is 0 Å². The zero-order valence-corrected chi connectivity index (χ0v) is 22.7. The Hall–Kier alpha value is -3.90. The van der Waals surface area contributed by atoms with E-state index in [0.29, 0.717) is 67.4 Å². The zero-order valence-electron chi connectivity index (χ0n) is 21.9. The number of anilines is 1. The Morgan fingerprint density at radius 2 is 1.80 bits per heavy atom. The Labute approximate surface area is 236 Å².